The van der Waals surface area contributed by atoms with Gasteiger partial charge in [-0.3, -0.25) is 9.78 Å². The highest BCUT2D eigenvalue weighted by Gasteiger charge is 2.22. The number of carbonyl (C=O) groups is 1. The van der Waals surface area contributed by atoms with Crippen LogP contribution in [0, 0.1) is 0 Å². The van der Waals surface area contributed by atoms with Crippen LogP contribution in [-0.4, -0.2) is 16.1 Å². The molecule has 0 aliphatic heterocycles. The molecule has 0 bridgehead atoms. The topological polar surface area (TPSA) is 76.2 Å². The first-order chi connectivity index (χ1) is 10.2. The highest BCUT2D eigenvalue weighted by atomic mass is 16.4. The number of carboxylic acid groups (broad SMARTS) is 1. The van der Waals surface area contributed by atoms with Gasteiger partial charge in [-0.2, -0.15) is 0 Å². The number of hydrogen-bond donors (Lipinski definition) is 2. The van der Waals surface area contributed by atoms with E-state index in [0.29, 0.717) is 6.42 Å². The number of aryl methyl sites for hydroxylation is 1. The van der Waals surface area contributed by atoms with Crippen LogP contribution in [0.2, 0.25) is 0 Å². The van der Waals surface area contributed by atoms with E-state index in [2.05, 4.69) is 0 Å². The number of para-hydroxylation sites is 1. The number of pyridine rings is 1. The van der Waals surface area contributed by atoms with Crippen molar-refractivity contribution in [3.63, 3.8) is 0 Å². The molecule has 4 nitrogen and oxygen atoms in total. The van der Waals surface area contributed by atoms with Crippen molar-refractivity contribution in [2.45, 2.75) is 44.6 Å². The van der Waals surface area contributed by atoms with Gasteiger partial charge in [-0.15, -0.1) is 0 Å². The van der Waals surface area contributed by atoms with E-state index in [1.165, 1.54) is 12.0 Å². The van der Waals surface area contributed by atoms with Gasteiger partial charge in [-0.1, -0.05) is 18.2 Å². The van der Waals surface area contributed by atoms with Crippen LogP contribution < -0.4 is 5.73 Å². The van der Waals surface area contributed by atoms with Gasteiger partial charge in [0.15, 0.2) is 0 Å². The van der Waals surface area contributed by atoms with Gasteiger partial charge in [-0.05, 0) is 49.3 Å². The Morgan fingerprint density at radius 2 is 2.05 bits per heavy atom. The molecule has 0 amide bonds. The monoisotopic (exact) mass is 284 g/mol. The van der Waals surface area contributed by atoms with Crippen LogP contribution in [0.1, 0.15) is 48.5 Å². The minimum atomic E-state index is -0.794. The Morgan fingerprint density at radius 3 is 2.86 bits per heavy atom. The quantitative estimate of drug-likeness (QED) is 0.905. The second kappa shape index (κ2) is 5.82. The van der Waals surface area contributed by atoms with Crippen molar-refractivity contribution in [2.24, 2.45) is 5.73 Å². The van der Waals surface area contributed by atoms with Gasteiger partial charge in [-0.25, -0.2) is 0 Å². The predicted octanol–water partition coefficient (Wildman–Crippen LogP) is 2.98. The van der Waals surface area contributed by atoms with Crippen molar-refractivity contribution >= 4 is 16.9 Å². The lowest BCUT2D eigenvalue weighted by atomic mass is 9.86. The second-order valence-electron chi connectivity index (χ2n) is 5.71. The molecule has 2 aromatic rings. The Balaban J connectivity index is 2.11. The summed E-state index contributed by atoms with van der Waals surface area (Å²) in [5.74, 6) is -0.794. The van der Waals surface area contributed by atoms with E-state index in [1.807, 2.05) is 24.3 Å². The minimum absolute atomic E-state index is 0.104. The van der Waals surface area contributed by atoms with Crippen LogP contribution in [0.3, 0.4) is 0 Å². The summed E-state index contributed by atoms with van der Waals surface area (Å²) in [4.78, 5) is 15.6. The molecule has 1 aliphatic carbocycles. The summed E-state index contributed by atoms with van der Waals surface area (Å²) in [7, 11) is 0. The summed E-state index contributed by atoms with van der Waals surface area (Å²) in [6, 6.07) is 7.80. The number of nitrogens with two attached hydrogens (primary N) is 1. The number of rotatable bonds is 4. The molecule has 0 fully saturated rings. The standard InChI is InChI=1S/C17H20N2O2/c18-13(9-10-16(20)21)17-11-5-1-3-7-14(11)19-15-8-4-2-6-12(15)17/h1,3,5,7,13H,2,4,6,8-10,18H2,(H,20,21). The SMILES string of the molecule is NC(CCC(=O)O)c1c2c(nc3ccccc13)CCCC2. The van der Waals surface area contributed by atoms with E-state index in [9.17, 15) is 4.79 Å². The Bertz CT molecular complexity index is 682. The molecule has 21 heavy (non-hydrogen) atoms. The Morgan fingerprint density at radius 1 is 1.29 bits per heavy atom. The van der Waals surface area contributed by atoms with Crippen LogP contribution in [0.15, 0.2) is 24.3 Å². The lowest BCUT2D eigenvalue weighted by Gasteiger charge is -2.24. The smallest absolute Gasteiger partial charge is 0.303 e. The van der Waals surface area contributed by atoms with Gasteiger partial charge in [0.1, 0.15) is 0 Å². The molecule has 4 heteroatoms. The van der Waals surface area contributed by atoms with Gasteiger partial charge < -0.3 is 10.8 Å². The van der Waals surface area contributed by atoms with Gasteiger partial charge in [0.25, 0.3) is 0 Å². The summed E-state index contributed by atoms with van der Waals surface area (Å²) >= 11 is 0. The largest absolute Gasteiger partial charge is 0.481 e. The molecule has 110 valence electrons. The fourth-order valence-corrected chi connectivity index (χ4v) is 3.26. The zero-order valence-electron chi connectivity index (χ0n) is 12.0. The molecule has 1 atom stereocenters. The predicted molar refractivity (Wildman–Crippen MR) is 82.2 cm³/mol. The van der Waals surface area contributed by atoms with Gasteiger partial charge in [0.05, 0.1) is 5.52 Å². The van der Waals surface area contributed by atoms with Crippen LogP contribution in [-0.2, 0) is 17.6 Å². The summed E-state index contributed by atoms with van der Waals surface area (Å²) < 4.78 is 0. The molecule has 1 aromatic heterocycles. The first kappa shape index (κ1) is 14.0. The minimum Gasteiger partial charge on any atom is -0.481 e. The number of aromatic nitrogens is 1. The molecule has 1 aromatic carbocycles. The van der Waals surface area contributed by atoms with Gasteiger partial charge in [0.2, 0.25) is 0 Å². The Labute approximate surface area is 124 Å². The molecule has 3 rings (SSSR count). The van der Waals surface area contributed by atoms with Gasteiger partial charge >= 0.3 is 5.97 Å². The molecule has 1 aliphatic rings. The van der Waals surface area contributed by atoms with Crippen molar-refractivity contribution in [2.75, 3.05) is 0 Å². The number of fused-ring (bicyclic) bond motifs is 2. The summed E-state index contributed by atoms with van der Waals surface area (Å²) in [6.07, 6.45) is 4.90. The fraction of sp³-hybridized carbons (Fsp3) is 0.412. The molecule has 0 spiro atoms. The van der Waals surface area contributed by atoms with Crippen molar-refractivity contribution in [1.29, 1.82) is 0 Å². The molecule has 0 radical (unpaired) electrons. The number of carboxylic acids is 1. The van der Waals surface area contributed by atoms with Crippen LogP contribution in [0.25, 0.3) is 10.9 Å². The van der Waals surface area contributed by atoms with E-state index in [1.54, 1.807) is 0 Å². The summed E-state index contributed by atoms with van der Waals surface area (Å²) in [5.41, 5.74) is 10.9. The Kier molecular flexibility index (Phi) is 3.88. The molecule has 1 unspecified atom stereocenters. The highest BCUT2D eigenvalue weighted by molar-refractivity contribution is 5.84. The average molecular weight is 284 g/mol. The zero-order valence-corrected chi connectivity index (χ0v) is 12.0. The first-order valence-corrected chi connectivity index (χ1v) is 7.54. The van der Waals surface area contributed by atoms with Crippen molar-refractivity contribution < 1.29 is 9.90 Å². The number of benzene rings is 1. The maximum absolute atomic E-state index is 10.8. The normalized spacial score (nSPS) is 15.7. The summed E-state index contributed by atoms with van der Waals surface area (Å²) in [6.45, 7) is 0. The van der Waals surface area contributed by atoms with Gasteiger partial charge in [0, 0.05) is 23.5 Å². The van der Waals surface area contributed by atoms with E-state index in [4.69, 9.17) is 15.8 Å². The second-order valence-corrected chi connectivity index (χ2v) is 5.71. The molecular formula is C17H20N2O2. The number of hydrogen-bond acceptors (Lipinski definition) is 3. The van der Waals surface area contributed by atoms with E-state index < -0.39 is 5.97 Å². The molecule has 1 heterocycles. The number of nitrogens with zero attached hydrogens (tertiary/aromatic N) is 1. The van der Waals surface area contributed by atoms with E-state index in [0.717, 1.165) is 41.4 Å². The maximum Gasteiger partial charge on any atom is 0.303 e. The average Bonchev–Trinajstić information content (AvgIpc) is 2.50. The van der Waals surface area contributed by atoms with Crippen LogP contribution >= 0.6 is 0 Å². The highest BCUT2D eigenvalue weighted by Crippen LogP contribution is 2.33. The third-order valence-corrected chi connectivity index (χ3v) is 4.25. The third kappa shape index (κ3) is 2.76. The Hall–Kier alpha value is -1.94. The molecule has 3 N–H and O–H groups in total. The molecular weight excluding hydrogens is 264 g/mol. The lowest BCUT2D eigenvalue weighted by Crippen LogP contribution is -2.18. The van der Waals surface area contributed by atoms with E-state index >= 15 is 0 Å². The fourth-order valence-electron chi connectivity index (χ4n) is 3.26. The van der Waals surface area contributed by atoms with Crippen molar-refractivity contribution in [3.05, 3.63) is 41.1 Å². The number of aliphatic carboxylic acids is 1. The third-order valence-electron chi connectivity index (χ3n) is 4.25. The maximum atomic E-state index is 10.8. The van der Waals surface area contributed by atoms with Crippen molar-refractivity contribution in [1.82, 2.24) is 4.98 Å². The summed E-state index contributed by atoms with van der Waals surface area (Å²) in [5, 5.41) is 9.97. The van der Waals surface area contributed by atoms with E-state index in [-0.39, 0.29) is 12.5 Å². The zero-order chi connectivity index (χ0) is 14.8. The van der Waals surface area contributed by atoms with Crippen LogP contribution in [0.4, 0.5) is 0 Å². The molecule has 0 saturated carbocycles. The van der Waals surface area contributed by atoms with Crippen LogP contribution in [0.5, 0.6) is 0 Å². The lowest BCUT2D eigenvalue weighted by molar-refractivity contribution is -0.137. The first-order valence-electron chi connectivity index (χ1n) is 7.54. The van der Waals surface area contributed by atoms with Crippen molar-refractivity contribution in [3.8, 4) is 0 Å². The molecule has 0 saturated heterocycles.